The fourth-order valence-electron chi connectivity index (χ4n) is 4.41. The third-order valence-corrected chi connectivity index (χ3v) is 8.17. The molecule has 1 unspecified atom stereocenters. The molecule has 1 aliphatic rings. The predicted molar refractivity (Wildman–Crippen MR) is 127 cm³/mol. The monoisotopic (exact) mass is 460 g/mol. The number of hydrogen-bond acceptors (Lipinski definition) is 4. The first-order chi connectivity index (χ1) is 15.4. The van der Waals surface area contributed by atoms with E-state index in [-0.39, 0.29) is 16.8 Å². The summed E-state index contributed by atoms with van der Waals surface area (Å²) >= 11 is 0. The van der Waals surface area contributed by atoms with Crippen LogP contribution in [0.3, 0.4) is 0 Å². The number of nitrogens with one attached hydrogen (secondary N) is 1. The molecule has 1 amide bonds. The number of likely N-dealkylation sites (N-methyl/N-ethyl adjacent to an activating group) is 1. The van der Waals surface area contributed by atoms with Crippen molar-refractivity contribution in [2.24, 2.45) is 7.05 Å². The number of aryl methyl sites for hydroxylation is 1. The Morgan fingerprint density at radius 3 is 2.38 bits per heavy atom. The highest BCUT2D eigenvalue weighted by atomic mass is 32.2. The van der Waals surface area contributed by atoms with Gasteiger partial charge in [0.2, 0.25) is 10.0 Å². The van der Waals surface area contributed by atoms with Crippen LogP contribution >= 0.6 is 0 Å². The molecular weight excluding hydrogens is 424 g/mol. The molecule has 7 nitrogen and oxygen atoms in total. The van der Waals surface area contributed by atoms with Crippen LogP contribution in [0.15, 0.2) is 47.5 Å². The Morgan fingerprint density at radius 2 is 1.75 bits per heavy atom. The molecule has 1 aromatic carbocycles. The van der Waals surface area contributed by atoms with Gasteiger partial charge in [0.25, 0.3) is 5.91 Å². The van der Waals surface area contributed by atoms with E-state index in [1.54, 1.807) is 17.8 Å². The van der Waals surface area contributed by atoms with E-state index >= 15 is 0 Å². The second kappa shape index (κ2) is 11.1. The van der Waals surface area contributed by atoms with Gasteiger partial charge in [-0.25, -0.2) is 8.42 Å². The number of aromatic nitrogens is 1. The van der Waals surface area contributed by atoms with Gasteiger partial charge in [-0.1, -0.05) is 50.6 Å². The van der Waals surface area contributed by atoms with Gasteiger partial charge in [0.15, 0.2) is 0 Å². The van der Waals surface area contributed by atoms with E-state index in [1.165, 1.54) is 15.9 Å². The van der Waals surface area contributed by atoms with Crippen molar-refractivity contribution in [3.8, 4) is 0 Å². The summed E-state index contributed by atoms with van der Waals surface area (Å²) in [5.41, 5.74) is 1.59. The third-order valence-electron chi connectivity index (χ3n) is 6.31. The molecule has 0 bridgehead atoms. The summed E-state index contributed by atoms with van der Waals surface area (Å²) in [6.07, 6.45) is 5.21. The molecular formula is C24H36N4O3S. The van der Waals surface area contributed by atoms with E-state index in [0.717, 1.165) is 38.8 Å². The maximum Gasteiger partial charge on any atom is 0.267 e. The molecule has 1 saturated heterocycles. The minimum atomic E-state index is -3.57. The Kier molecular flexibility index (Phi) is 8.51. The van der Waals surface area contributed by atoms with Crippen molar-refractivity contribution in [3.63, 3.8) is 0 Å². The van der Waals surface area contributed by atoms with E-state index < -0.39 is 10.0 Å². The summed E-state index contributed by atoms with van der Waals surface area (Å²) in [6, 6.07) is 11.9. The first kappa shape index (κ1) is 24.5. The minimum Gasteiger partial charge on any atom is -0.349 e. The Morgan fingerprint density at radius 1 is 1.09 bits per heavy atom. The van der Waals surface area contributed by atoms with Crippen molar-refractivity contribution in [2.45, 2.75) is 50.5 Å². The van der Waals surface area contributed by atoms with Crippen LogP contribution in [0.1, 0.15) is 49.2 Å². The van der Waals surface area contributed by atoms with Crippen molar-refractivity contribution >= 4 is 15.9 Å². The molecule has 0 aliphatic carbocycles. The van der Waals surface area contributed by atoms with Gasteiger partial charge < -0.3 is 9.88 Å². The summed E-state index contributed by atoms with van der Waals surface area (Å²) < 4.78 is 29.1. The summed E-state index contributed by atoms with van der Waals surface area (Å²) in [5.74, 6) is -0.252. The molecule has 1 N–H and O–H groups in total. The third kappa shape index (κ3) is 5.79. The Labute approximate surface area is 192 Å². The highest BCUT2D eigenvalue weighted by molar-refractivity contribution is 7.89. The summed E-state index contributed by atoms with van der Waals surface area (Å²) in [4.78, 5) is 15.5. The minimum absolute atomic E-state index is 0.160. The van der Waals surface area contributed by atoms with Crippen molar-refractivity contribution in [1.29, 1.82) is 0 Å². The first-order valence-electron chi connectivity index (χ1n) is 11.6. The maximum atomic E-state index is 13.0. The fourth-order valence-corrected chi connectivity index (χ4v) is 6.00. The largest absolute Gasteiger partial charge is 0.349 e. The van der Waals surface area contributed by atoms with Crippen LogP contribution in [0, 0.1) is 0 Å². The zero-order valence-corrected chi connectivity index (χ0v) is 20.3. The van der Waals surface area contributed by atoms with Gasteiger partial charge in [-0.2, -0.15) is 4.31 Å². The molecule has 1 fully saturated rings. The van der Waals surface area contributed by atoms with Crippen LogP contribution in [-0.4, -0.2) is 66.9 Å². The highest BCUT2D eigenvalue weighted by Gasteiger charge is 2.28. The average Bonchev–Trinajstić information content (AvgIpc) is 3.21. The molecule has 1 aliphatic heterocycles. The second-order valence-corrected chi connectivity index (χ2v) is 10.3. The summed E-state index contributed by atoms with van der Waals surface area (Å²) in [7, 11) is -1.85. The summed E-state index contributed by atoms with van der Waals surface area (Å²) in [5, 5.41) is 3.04. The zero-order valence-electron chi connectivity index (χ0n) is 19.5. The van der Waals surface area contributed by atoms with Gasteiger partial charge in [0.05, 0.1) is 0 Å². The predicted octanol–water partition coefficient (Wildman–Crippen LogP) is 2.88. The normalized spacial score (nSPS) is 16.2. The van der Waals surface area contributed by atoms with Gasteiger partial charge in [0, 0.05) is 38.9 Å². The van der Waals surface area contributed by atoms with Crippen molar-refractivity contribution in [3.05, 3.63) is 53.9 Å². The number of amides is 1. The van der Waals surface area contributed by atoms with E-state index in [1.807, 2.05) is 18.2 Å². The number of carbonyl (C=O) groups excluding carboxylic acids is 1. The second-order valence-electron chi connectivity index (χ2n) is 8.41. The van der Waals surface area contributed by atoms with Crippen LogP contribution < -0.4 is 5.32 Å². The van der Waals surface area contributed by atoms with E-state index in [4.69, 9.17) is 0 Å². The van der Waals surface area contributed by atoms with Gasteiger partial charge in [0.1, 0.15) is 10.6 Å². The lowest BCUT2D eigenvalue weighted by Gasteiger charge is -2.30. The average molecular weight is 461 g/mol. The van der Waals surface area contributed by atoms with E-state index in [0.29, 0.717) is 25.3 Å². The highest BCUT2D eigenvalue weighted by Crippen LogP contribution is 2.22. The molecule has 3 rings (SSSR count). The molecule has 8 heteroatoms. The van der Waals surface area contributed by atoms with Crippen LogP contribution in [-0.2, 0) is 23.5 Å². The van der Waals surface area contributed by atoms with Gasteiger partial charge >= 0.3 is 0 Å². The molecule has 32 heavy (non-hydrogen) atoms. The number of benzene rings is 1. The number of nitrogens with zero attached hydrogens (tertiary/aromatic N) is 3. The number of piperidine rings is 1. The lowest BCUT2D eigenvalue weighted by molar-refractivity contribution is 0.0926. The van der Waals surface area contributed by atoms with Gasteiger partial charge in [-0.3, -0.25) is 9.69 Å². The number of rotatable bonds is 10. The van der Waals surface area contributed by atoms with E-state index in [2.05, 4.69) is 36.2 Å². The molecule has 0 saturated carbocycles. The molecule has 1 aromatic heterocycles. The topological polar surface area (TPSA) is 74.7 Å². The SMILES string of the molecule is CCN(CC)C(CNC(=O)c1cc(S(=O)(=O)N2CCCCC2)cn1C)Cc1ccccc1. The van der Waals surface area contributed by atoms with Crippen molar-refractivity contribution < 1.29 is 13.2 Å². The molecule has 0 spiro atoms. The number of sulfonamides is 1. The van der Waals surface area contributed by atoms with Crippen LogP contribution in [0.2, 0.25) is 0 Å². The lowest BCUT2D eigenvalue weighted by Crippen LogP contribution is -2.45. The van der Waals surface area contributed by atoms with Gasteiger partial charge in [-0.15, -0.1) is 0 Å². The molecule has 2 aromatic rings. The molecule has 176 valence electrons. The molecule has 2 heterocycles. The molecule has 1 atom stereocenters. The Hall–Kier alpha value is -2.16. The smallest absolute Gasteiger partial charge is 0.267 e. The molecule has 0 radical (unpaired) electrons. The Balaban J connectivity index is 1.71. The zero-order chi connectivity index (χ0) is 23.1. The van der Waals surface area contributed by atoms with Gasteiger partial charge in [-0.05, 0) is 44.0 Å². The fraction of sp³-hybridized carbons (Fsp3) is 0.542. The van der Waals surface area contributed by atoms with Crippen LogP contribution in [0.4, 0.5) is 0 Å². The quantitative estimate of drug-likeness (QED) is 0.592. The lowest BCUT2D eigenvalue weighted by atomic mass is 10.0. The first-order valence-corrected chi connectivity index (χ1v) is 13.0. The Bertz CT molecular complexity index is 978. The van der Waals surface area contributed by atoms with E-state index in [9.17, 15) is 13.2 Å². The summed E-state index contributed by atoms with van der Waals surface area (Å²) in [6.45, 7) is 7.62. The maximum absolute atomic E-state index is 13.0. The number of hydrogen-bond donors (Lipinski definition) is 1. The van der Waals surface area contributed by atoms with Crippen LogP contribution in [0.5, 0.6) is 0 Å². The standard InChI is InChI=1S/C24H36N4O3S/c1-4-27(5-2)21(16-20-12-8-6-9-13-20)18-25-24(29)23-17-22(19-26(23)3)32(30,31)28-14-10-7-11-15-28/h6,8-9,12-13,17,19,21H,4-5,7,10-11,14-16,18H2,1-3H3,(H,25,29). The van der Waals surface area contributed by atoms with Crippen molar-refractivity contribution in [2.75, 3.05) is 32.7 Å². The van der Waals surface area contributed by atoms with Crippen molar-refractivity contribution in [1.82, 2.24) is 19.1 Å². The van der Waals surface area contributed by atoms with Crippen LogP contribution in [0.25, 0.3) is 0 Å². The number of carbonyl (C=O) groups is 1.